The number of amidine groups is 1. The molecule has 0 aromatic rings. The fourth-order valence-corrected chi connectivity index (χ4v) is 0.828. The van der Waals surface area contributed by atoms with Crippen LogP contribution in [0.5, 0.6) is 0 Å². The summed E-state index contributed by atoms with van der Waals surface area (Å²) in [5.74, 6) is 0.532. The van der Waals surface area contributed by atoms with E-state index in [1.807, 2.05) is 6.92 Å². The number of halogens is 1. The summed E-state index contributed by atoms with van der Waals surface area (Å²) in [6.07, 6.45) is 1.61. The van der Waals surface area contributed by atoms with Crippen molar-refractivity contribution in [2.24, 2.45) is 15.7 Å². The molecule has 0 saturated carbocycles. The standard InChI is InChI=1S/C5H8IN3/c1-5(6)3-8-4(7)2-9-5/h2H,3H2,1H3,(H2,7,8)/t5-/m1/s1. The highest BCUT2D eigenvalue weighted by atomic mass is 127. The molecule has 1 aliphatic rings. The molecule has 0 amide bonds. The van der Waals surface area contributed by atoms with E-state index in [4.69, 9.17) is 5.73 Å². The second-order valence-corrected chi connectivity index (χ2v) is 4.47. The molecule has 0 radical (unpaired) electrons. The Morgan fingerprint density at radius 2 is 2.56 bits per heavy atom. The minimum absolute atomic E-state index is 0.0688. The van der Waals surface area contributed by atoms with Crippen LogP contribution in [0.25, 0.3) is 0 Å². The van der Waals surface area contributed by atoms with Gasteiger partial charge in [0.15, 0.2) is 0 Å². The van der Waals surface area contributed by atoms with Gasteiger partial charge >= 0.3 is 0 Å². The molecule has 1 aliphatic heterocycles. The second kappa shape index (κ2) is 2.24. The summed E-state index contributed by atoms with van der Waals surface area (Å²) in [4.78, 5) is 8.17. The lowest BCUT2D eigenvalue weighted by molar-refractivity contribution is 0.723. The number of nitrogens with zero attached hydrogens (tertiary/aromatic N) is 2. The number of hydrogen-bond donors (Lipinski definition) is 1. The maximum Gasteiger partial charge on any atom is 0.136 e. The van der Waals surface area contributed by atoms with Crippen LogP contribution in [0.1, 0.15) is 6.92 Å². The van der Waals surface area contributed by atoms with E-state index >= 15 is 0 Å². The molecule has 0 unspecified atom stereocenters. The Kier molecular flexibility index (Phi) is 1.74. The summed E-state index contributed by atoms with van der Waals surface area (Å²) < 4.78 is -0.0688. The Hall–Kier alpha value is -0.130. The third kappa shape index (κ3) is 1.92. The average Bonchev–Trinajstić information content (AvgIpc) is 1.78. The highest BCUT2D eigenvalue weighted by Gasteiger charge is 2.19. The van der Waals surface area contributed by atoms with Crippen LogP contribution in [0.3, 0.4) is 0 Å². The Morgan fingerprint density at radius 3 is 2.89 bits per heavy atom. The third-order valence-electron chi connectivity index (χ3n) is 1.02. The maximum atomic E-state index is 5.35. The van der Waals surface area contributed by atoms with Crippen molar-refractivity contribution in [3.63, 3.8) is 0 Å². The largest absolute Gasteiger partial charge is 0.383 e. The van der Waals surface area contributed by atoms with Crippen molar-refractivity contribution in [1.29, 1.82) is 0 Å². The van der Waals surface area contributed by atoms with Crippen LogP contribution in [0, 0.1) is 0 Å². The maximum absolute atomic E-state index is 5.35. The van der Waals surface area contributed by atoms with Crippen molar-refractivity contribution in [3.05, 3.63) is 0 Å². The minimum atomic E-state index is -0.0688. The third-order valence-corrected chi connectivity index (χ3v) is 1.64. The zero-order valence-corrected chi connectivity index (χ0v) is 7.29. The lowest BCUT2D eigenvalue weighted by atomic mass is 10.3. The van der Waals surface area contributed by atoms with Crippen LogP contribution in [-0.2, 0) is 0 Å². The predicted octanol–water partition coefficient (Wildman–Crippen LogP) is 0.579. The molecule has 50 valence electrons. The summed E-state index contributed by atoms with van der Waals surface area (Å²) in [6, 6.07) is 0. The Morgan fingerprint density at radius 1 is 1.89 bits per heavy atom. The fraction of sp³-hybridized carbons (Fsp3) is 0.600. The summed E-state index contributed by atoms with van der Waals surface area (Å²) in [5.41, 5.74) is 5.35. The lowest BCUT2D eigenvalue weighted by Gasteiger charge is -2.17. The molecular weight excluding hydrogens is 229 g/mol. The van der Waals surface area contributed by atoms with Gasteiger partial charge in [-0.05, 0) is 6.92 Å². The molecule has 0 bridgehead atoms. The van der Waals surface area contributed by atoms with E-state index < -0.39 is 0 Å². The van der Waals surface area contributed by atoms with Gasteiger partial charge in [-0.25, -0.2) is 0 Å². The van der Waals surface area contributed by atoms with Gasteiger partial charge < -0.3 is 5.73 Å². The van der Waals surface area contributed by atoms with Crippen LogP contribution >= 0.6 is 22.6 Å². The first-order valence-electron chi connectivity index (χ1n) is 2.64. The molecule has 3 nitrogen and oxygen atoms in total. The number of rotatable bonds is 0. The Balaban J connectivity index is 2.70. The Labute approximate surface area is 67.6 Å². The van der Waals surface area contributed by atoms with Crippen molar-refractivity contribution in [1.82, 2.24) is 0 Å². The van der Waals surface area contributed by atoms with Crippen molar-refractivity contribution in [2.45, 2.75) is 10.5 Å². The van der Waals surface area contributed by atoms with E-state index in [-0.39, 0.29) is 3.55 Å². The number of alkyl halides is 1. The highest BCUT2D eigenvalue weighted by molar-refractivity contribution is 14.1. The van der Waals surface area contributed by atoms with Crippen LogP contribution in [0.2, 0.25) is 0 Å². The first-order chi connectivity index (χ1) is 4.10. The molecule has 0 fully saturated rings. The van der Waals surface area contributed by atoms with Gasteiger partial charge in [0.25, 0.3) is 0 Å². The molecule has 0 aromatic carbocycles. The molecule has 1 rings (SSSR count). The van der Waals surface area contributed by atoms with E-state index in [9.17, 15) is 0 Å². The minimum Gasteiger partial charge on any atom is -0.383 e. The predicted molar refractivity (Wildman–Crippen MR) is 47.4 cm³/mol. The molecule has 0 aromatic heterocycles. The van der Waals surface area contributed by atoms with Gasteiger partial charge in [0.2, 0.25) is 0 Å². The van der Waals surface area contributed by atoms with Gasteiger partial charge in [0.1, 0.15) is 9.38 Å². The monoisotopic (exact) mass is 237 g/mol. The summed E-state index contributed by atoms with van der Waals surface area (Å²) in [5, 5.41) is 0. The van der Waals surface area contributed by atoms with Gasteiger partial charge in [0.05, 0.1) is 12.8 Å². The van der Waals surface area contributed by atoms with Gasteiger partial charge in [-0.3, -0.25) is 9.98 Å². The molecule has 2 N–H and O–H groups in total. The second-order valence-electron chi connectivity index (χ2n) is 2.14. The van der Waals surface area contributed by atoms with Crippen LogP contribution in [0.15, 0.2) is 9.98 Å². The lowest BCUT2D eigenvalue weighted by Crippen LogP contribution is -2.27. The molecule has 0 aliphatic carbocycles. The zero-order chi connectivity index (χ0) is 6.91. The molecule has 1 atom stereocenters. The van der Waals surface area contributed by atoms with Gasteiger partial charge in [0, 0.05) is 0 Å². The van der Waals surface area contributed by atoms with Crippen LogP contribution in [0.4, 0.5) is 0 Å². The van der Waals surface area contributed by atoms with E-state index in [1.54, 1.807) is 6.21 Å². The number of nitrogens with two attached hydrogens (primary N) is 1. The number of aliphatic imine (C=N–C) groups is 2. The van der Waals surface area contributed by atoms with Crippen molar-refractivity contribution < 1.29 is 0 Å². The van der Waals surface area contributed by atoms with Gasteiger partial charge in [-0.2, -0.15) is 0 Å². The van der Waals surface area contributed by atoms with Gasteiger partial charge in [-0.15, -0.1) is 0 Å². The average molecular weight is 237 g/mol. The fourth-order valence-electron chi connectivity index (χ4n) is 0.518. The summed E-state index contributed by atoms with van der Waals surface area (Å²) in [7, 11) is 0. The molecule has 0 saturated heterocycles. The summed E-state index contributed by atoms with van der Waals surface area (Å²) in [6.45, 7) is 2.70. The van der Waals surface area contributed by atoms with E-state index in [2.05, 4.69) is 32.6 Å². The SMILES string of the molecule is C[C@]1(I)CN=C(N)C=N1. The molecule has 0 spiro atoms. The number of hydrogen-bond acceptors (Lipinski definition) is 3. The molecule has 9 heavy (non-hydrogen) atoms. The van der Waals surface area contributed by atoms with E-state index in [0.717, 1.165) is 0 Å². The van der Waals surface area contributed by atoms with E-state index in [1.165, 1.54) is 0 Å². The highest BCUT2D eigenvalue weighted by Crippen LogP contribution is 2.20. The first-order valence-corrected chi connectivity index (χ1v) is 3.72. The molecule has 1 heterocycles. The van der Waals surface area contributed by atoms with Crippen LogP contribution in [-0.4, -0.2) is 22.1 Å². The van der Waals surface area contributed by atoms with Gasteiger partial charge in [-0.1, -0.05) is 22.6 Å². The van der Waals surface area contributed by atoms with Crippen molar-refractivity contribution >= 4 is 34.6 Å². The smallest absolute Gasteiger partial charge is 0.136 e. The summed E-state index contributed by atoms with van der Waals surface area (Å²) >= 11 is 2.24. The Bertz CT molecular complexity index is 171. The van der Waals surface area contributed by atoms with Crippen LogP contribution < -0.4 is 5.73 Å². The molecular formula is C5H8IN3. The quantitative estimate of drug-likeness (QED) is 0.374. The van der Waals surface area contributed by atoms with E-state index in [0.29, 0.717) is 12.4 Å². The topological polar surface area (TPSA) is 50.7 Å². The van der Waals surface area contributed by atoms with Crippen molar-refractivity contribution in [2.75, 3.05) is 6.54 Å². The first kappa shape index (κ1) is 6.98. The normalized spacial score (nSPS) is 34.2. The molecule has 4 heteroatoms. The van der Waals surface area contributed by atoms with Crippen molar-refractivity contribution in [3.8, 4) is 0 Å². The zero-order valence-electron chi connectivity index (χ0n) is 5.13.